The lowest BCUT2D eigenvalue weighted by atomic mass is 10.2. The van der Waals surface area contributed by atoms with Gasteiger partial charge in [-0.25, -0.2) is 23.5 Å². The third kappa shape index (κ3) is 4.26. The number of hydrogen-bond donors (Lipinski definition) is 1. The minimum Gasteiger partial charge on any atom is -0.318 e. The molecular weight excluding hydrogens is 384 g/mol. The smallest absolute Gasteiger partial charge is 0.238 e. The fraction of sp³-hybridized carbons (Fsp3) is 0.167. The molecule has 0 saturated carbocycles. The van der Waals surface area contributed by atoms with E-state index in [0.717, 1.165) is 17.1 Å². The highest BCUT2D eigenvalue weighted by Crippen LogP contribution is 2.24. The summed E-state index contributed by atoms with van der Waals surface area (Å²) in [4.78, 5) is 20.9. The SMILES string of the molecule is Cc1cc(C(=O)CSc2ncccn2)c(C)n1-c1ccc(S(N)(=O)=O)cc1. The number of aromatic nitrogens is 3. The largest absolute Gasteiger partial charge is 0.318 e. The molecule has 27 heavy (non-hydrogen) atoms. The summed E-state index contributed by atoms with van der Waals surface area (Å²) in [5.74, 6) is 0.214. The van der Waals surface area contributed by atoms with Gasteiger partial charge in [0.2, 0.25) is 10.0 Å². The summed E-state index contributed by atoms with van der Waals surface area (Å²) < 4.78 is 24.7. The molecule has 0 amide bonds. The molecule has 3 rings (SSSR count). The number of aryl methyl sites for hydroxylation is 1. The van der Waals surface area contributed by atoms with E-state index in [-0.39, 0.29) is 16.4 Å². The molecule has 0 saturated heterocycles. The summed E-state index contributed by atoms with van der Waals surface area (Å²) >= 11 is 1.29. The van der Waals surface area contributed by atoms with Crippen molar-refractivity contribution in [2.45, 2.75) is 23.9 Å². The molecule has 0 aliphatic heterocycles. The number of carbonyl (C=O) groups is 1. The zero-order valence-corrected chi connectivity index (χ0v) is 16.4. The zero-order valence-electron chi connectivity index (χ0n) is 14.8. The van der Waals surface area contributed by atoms with Gasteiger partial charge in [-0.05, 0) is 50.2 Å². The second kappa shape index (κ2) is 7.63. The Morgan fingerprint density at radius 3 is 2.37 bits per heavy atom. The van der Waals surface area contributed by atoms with E-state index in [1.54, 1.807) is 30.6 Å². The van der Waals surface area contributed by atoms with Gasteiger partial charge >= 0.3 is 0 Å². The molecule has 0 fully saturated rings. The van der Waals surface area contributed by atoms with Crippen LogP contribution in [0.5, 0.6) is 0 Å². The highest BCUT2D eigenvalue weighted by molar-refractivity contribution is 7.99. The maximum atomic E-state index is 12.6. The fourth-order valence-corrected chi connectivity index (χ4v) is 4.00. The van der Waals surface area contributed by atoms with Crippen molar-refractivity contribution in [3.05, 3.63) is 65.7 Å². The Morgan fingerprint density at radius 1 is 1.15 bits per heavy atom. The molecule has 7 nitrogen and oxygen atoms in total. The molecule has 2 heterocycles. The molecule has 2 aromatic heterocycles. The van der Waals surface area contributed by atoms with Gasteiger partial charge in [-0.15, -0.1) is 0 Å². The number of rotatable bonds is 6. The van der Waals surface area contributed by atoms with E-state index < -0.39 is 10.0 Å². The van der Waals surface area contributed by atoms with Gasteiger partial charge in [-0.1, -0.05) is 11.8 Å². The molecular formula is C18H18N4O3S2. The normalized spacial score (nSPS) is 11.5. The van der Waals surface area contributed by atoms with Gasteiger partial charge in [0.15, 0.2) is 10.9 Å². The zero-order chi connectivity index (χ0) is 19.6. The Balaban J connectivity index is 1.85. The van der Waals surface area contributed by atoms with Crippen molar-refractivity contribution >= 4 is 27.6 Å². The van der Waals surface area contributed by atoms with Gasteiger partial charge in [0.05, 0.1) is 10.6 Å². The molecule has 0 radical (unpaired) electrons. The van der Waals surface area contributed by atoms with E-state index in [2.05, 4.69) is 9.97 Å². The number of nitrogens with zero attached hydrogens (tertiary/aromatic N) is 3. The van der Waals surface area contributed by atoms with Gasteiger partial charge in [-0.3, -0.25) is 4.79 Å². The predicted molar refractivity (Wildman–Crippen MR) is 104 cm³/mol. The summed E-state index contributed by atoms with van der Waals surface area (Å²) in [5.41, 5.74) is 3.04. The van der Waals surface area contributed by atoms with Gasteiger partial charge < -0.3 is 4.57 Å². The van der Waals surface area contributed by atoms with E-state index in [1.807, 2.05) is 24.5 Å². The molecule has 0 bridgehead atoms. The molecule has 0 atom stereocenters. The third-order valence-corrected chi connectivity index (χ3v) is 5.83. The van der Waals surface area contributed by atoms with Crippen LogP contribution in [0.2, 0.25) is 0 Å². The highest BCUT2D eigenvalue weighted by Gasteiger charge is 2.18. The Bertz CT molecular complexity index is 1080. The monoisotopic (exact) mass is 402 g/mol. The maximum absolute atomic E-state index is 12.6. The van der Waals surface area contributed by atoms with Crippen LogP contribution >= 0.6 is 11.8 Å². The third-order valence-electron chi connectivity index (χ3n) is 4.03. The Kier molecular flexibility index (Phi) is 5.45. The topological polar surface area (TPSA) is 108 Å². The summed E-state index contributed by atoms with van der Waals surface area (Å²) in [6, 6.07) is 9.79. The number of benzene rings is 1. The minimum atomic E-state index is -3.74. The number of Topliss-reactive ketones (excluding diaryl/α,β-unsaturated/α-hetero) is 1. The standard InChI is InChI=1S/C18H18N4O3S2/c1-12-10-16(17(23)11-26-18-20-8-3-9-21-18)13(2)22(12)14-4-6-15(7-5-14)27(19,24)25/h3-10H,11H2,1-2H3,(H2,19,24,25). The van der Waals surface area contributed by atoms with Crippen molar-refractivity contribution in [2.24, 2.45) is 5.14 Å². The Hall–Kier alpha value is -2.49. The predicted octanol–water partition coefficient (Wildman–Crippen LogP) is 2.51. The second-order valence-corrected chi connectivity index (χ2v) is 8.41. The number of nitrogens with two attached hydrogens (primary N) is 1. The highest BCUT2D eigenvalue weighted by atomic mass is 32.2. The molecule has 3 aromatic rings. The van der Waals surface area contributed by atoms with Gasteiger partial charge in [-0.2, -0.15) is 0 Å². The van der Waals surface area contributed by atoms with Crippen molar-refractivity contribution < 1.29 is 13.2 Å². The van der Waals surface area contributed by atoms with E-state index in [1.165, 1.54) is 23.9 Å². The van der Waals surface area contributed by atoms with Crippen LogP contribution in [0.4, 0.5) is 0 Å². The van der Waals surface area contributed by atoms with Crippen LogP contribution < -0.4 is 5.14 Å². The lowest BCUT2D eigenvalue weighted by molar-refractivity contribution is 0.102. The fourth-order valence-electron chi connectivity index (χ4n) is 2.80. The molecule has 140 valence electrons. The van der Waals surface area contributed by atoms with Crippen molar-refractivity contribution in [1.29, 1.82) is 0 Å². The average molecular weight is 403 g/mol. The second-order valence-electron chi connectivity index (χ2n) is 5.90. The van der Waals surface area contributed by atoms with Crippen LogP contribution in [0.3, 0.4) is 0 Å². The van der Waals surface area contributed by atoms with Crippen molar-refractivity contribution in [2.75, 3.05) is 5.75 Å². The van der Waals surface area contributed by atoms with E-state index in [0.29, 0.717) is 10.7 Å². The molecule has 0 aliphatic carbocycles. The van der Waals surface area contributed by atoms with Crippen LogP contribution in [0.25, 0.3) is 5.69 Å². The molecule has 2 N–H and O–H groups in total. The number of sulfonamides is 1. The van der Waals surface area contributed by atoms with E-state index >= 15 is 0 Å². The number of primary sulfonamides is 1. The van der Waals surface area contributed by atoms with Crippen LogP contribution in [0.15, 0.2) is 58.8 Å². The first-order valence-electron chi connectivity index (χ1n) is 8.02. The molecule has 0 unspecified atom stereocenters. The molecule has 1 aromatic carbocycles. The summed E-state index contributed by atoms with van der Waals surface area (Å²) in [5, 5.41) is 5.69. The van der Waals surface area contributed by atoms with Gasteiger partial charge in [0, 0.05) is 35.0 Å². The van der Waals surface area contributed by atoms with Gasteiger partial charge in [0.1, 0.15) is 0 Å². The van der Waals surface area contributed by atoms with E-state index in [4.69, 9.17) is 5.14 Å². The lowest BCUT2D eigenvalue weighted by Crippen LogP contribution is -2.12. The Labute approximate surface area is 161 Å². The number of ketones is 1. The van der Waals surface area contributed by atoms with E-state index in [9.17, 15) is 13.2 Å². The summed E-state index contributed by atoms with van der Waals surface area (Å²) in [6.45, 7) is 3.75. The van der Waals surface area contributed by atoms with Crippen LogP contribution in [-0.2, 0) is 10.0 Å². The van der Waals surface area contributed by atoms with Crippen molar-refractivity contribution in [3.8, 4) is 5.69 Å². The lowest BCUT2D eigenvalue weighted by Gasteiger charge is -2.10. The number of thioether (sulfide) groups is 1. The number of carbonyl (C=O) groups excluding carboxylic acids is 1. The van der Waals surface area contributed by atoms with Gasteiger partial charge in [0.25, 0.3) is 0 Å². The number of hydrogen-bond acceptors (Lipinski definition) is 6. The quantitative estimate of drug-likeness (QED) is 0.386. The first-order valence-corrected chi connectivity index (χ1v) is 10.6. The van der Waals surface area contributed by atoms with Crippen molar-refractivity contribution in [3.63, 3.8) is 0 Å². The van der Waals surface area contributed by atoms with Crippen LogP contribution in [0.1, 0.15) is 21.7 Å². The van der Waals surface area contributed by atoms with Crippen LogP contribution in [-0.4, -0.2) is 34.5 Å². The maximum Gasteiger partial charge on any atom is 0.238 e. The summed E-state index contributed by atoms with van der Waals surface area (Å²) in [6.07, 6.45) is 3.27. The first kappa shape index (κ1) is 19.3. The Morgan fingerprint density at radius 2 is 1.78 bits per heavy atom. The first-order chi connectivity index (χ1) is 12.8. The molecule has 0 aliphatic rings. The van der Waals surface area contributed by atoms with Crippen LogP contribution in [0, 0.1) is 13.8 Å². The average Bonchev–Trinajstić information content (AvgIpc) is 2.94. The summed E-state index contributed by atoms with van der Waals surface area (Å²) in [7, 11) is -3.74. The minimum absolute atomic E-state index is 0.0204. The molecule has 0 spiro atoms. The molecule has 9 heteroatoms. The van der Waals surface area contributed by atoms with Crippen molar-refractivity contribution in [1.82, 2.24) is 14.5 Å².